The van der Waals surface area contributed by atoms with Crippen molar-refractivity contribution < 1.29 is 0 Å². The Kier molecular flexibility index (Phi) is 16.4. The van der Waals surface area contributed by atoms with Gasteiger partial charge < -0.3 is 0 Å². The third-order valence-electron chi connectivity index (χ3n) is 19.3. The average molecular weight is 1330 g/mol. The summed E-state index contributed by atoms with van der Waals surface area (Å²) >= 11 is 0. The first kappa shape index (κ1) is 62.1. The van der Waals surface area contributed by atoms with Crippen LogP contribution in [0, 0.1) is 0 Å². The van der Waals surface area contributed by atoms with Crippen LogP contribution in [-0.4, -0.2) is 44.9 Å². The summed E-state index contributed by atoms with van der Waals surface area (Å²) in [7, 11) is 0. The third-order valence-corrected chi connectivity index (χ3v) is 19.3. The highest BCUT2D eigenvalue weighted by Gasteiger charge is 2.14. The molecule has 0 radical (unpaired) electrons. The summed E-state index contributed by atoms with van der Waals surface area (Å²) in [5, 5.41) is 11.7. The van der Waals surface area contributed by atoms with Crippen LogP contribution < -0.4 is 0 Å². The van der Waals surface area contributed by atoms with Crippen molar-refractivity contribution in [3.63, 3.8) is 0 Å². The lowest BCUT2D eigenvalue weighted by molar-refractivity contribution is 1.31. The summed E-state index contributed by atoms with van der Waals surface area (Å²) in [6.45, 7) is 0. The molecule has 0 aliphatic carbocycles. The number of pyridine rings is 9. The molecule has 0 amide bonds. The maximum Gasteiger partial charge on any atom is 0.0716 e. The van der Waals surface area contributed by atoms with Crippen LogP contribution in [0.1, 0.15) is 0 Å². The molecule has 0 saturated heterocycles. The smallest absolute Gasteiger partial charge is 0.0716 e. The molecule has 9 heterocycles. The van der Waals surface area contributed by atoms with Gasteiger partial charge in [-0.1, -0.05) is 218 Å². The van der Waals surface area contributed by atoms with Gasteiger partial charge in [-0.05, 0) is 170 Å². The second kappa shape index (κ2) is 27.5. The number of nitrogens with zero attached hydrogens (tertiary/aromatic N) is 9. The van der Waals surface area contributed by atoms with E-state index in [2.05, 4.69) is 306 Å². The Bertz CT molecular complexity index is 6480. The van der Waals surface area contributed by atoms with E-state index in [0.717, 1.165) is 133 Å². The Labute approximate surface area is 600 Å². The van der Waals surface area contributed by atoms with Gasteiger partial charge in [-0.3, -0.25) is 15.0 Å². The first-order valence-electron chi connectivity index (χ1n) is 34.7. The van der Waals surface area contributed by atoms with Gasteiger partial charge in [0.05, 0.1) is 67.3 Å². The van der Waals surface area contributed by atoms with Gasteiger partial charge in [-0.2, -0.15) is 0 Å². The summed E-state index contributed by atoms with van der Waals surface area (Å²) in [4.78, 5) is 42.2. The highest BCUT2D eigenvalue weighted by atomic mass is 14.7. The van der Waals surface area contributed by atoms with Crippen molar-refractivity contribution in [3.8, 4) is 101 Å². The largest absolute Gasteiger partial charge is 0.265 e. The number of hydrogen-bond donors (Lipinski definition) is 0. The zero-order valence-electron chi connectivity index (χ0n) is 56.2. The summed E-state index contributed by atoms with van der Waals surface area (Å²) in [6, 6.07) is 116. The standard InChI is InChI=1S/2C33H21N3.C29H19N3/c1-2-6-28-22(4-1)5-3-7-29(28)26-10-8-23-13-15-31(36-32(23)20-26)27-11-9-24-12-14-30(35-33(24)21-27)25-16-18-34-19-17-25;1-2-4-26-19-27(8-5-22(26)3-1)28-9-6-23-12-14-31(36-32(23)20-28)29-10-7-24-11-13-30(35-33(24)21-29)25-15-17-34-18-16-25;1-2-4-20(5-3-1)24-8-6-21-11-13-27(32-28(21)18-24)25-9-7-22-10-12-26(31-29(22)19-25)23-14-16-30-17-15-23/h2*1-21H;1-19H. The monoisotopic (exact) mass is 1330 g/mol. The maximum absolute atomic E-state index is 5.06. The molecule has 0 aliphatic rings. The lowest BCUT2D eigenvalue weighted by Gasteiger charge is -2.10. The molecule has 0 bridgehead atoms. The van der Waals surface area contributed by atoms with E-state index in [0.29, 0.717) is 0 Å². The van der Waals surface area contributed by atoms with Crippen molar-refractivity contribution in [2.75, 3.05) is 0 Å². The number of rotatable bonds is 9. The highest BCUT2D eigenvalue weighted by Crippen LogP contribution is 2.36. The fourth-order valence-electron chi connectivity index (χ4n) is 13.7. The average Bonchev–Trinajstić information content (AvgIpc) is 0.790. The maximum atomic E-state index is 5.06. The van der Waals surface area contributed by atoms with Gasteiger partial charge in [0, 0.05) is 103 Å². The van der Waals surface area contributed by atoms with Crippen molar-refractivity contribution in [2.45, 2.75) is 0 Å². The van der Waals surface area contributed by atoms with Crippen LogP contribution in [0.3, 0.4) is 0 Å². The SMILES string of the molecule is c1ccc(-c2ccc3ccc(-c4ccc5ccc(-c6ccncc6)nc5c4)nc3c2)cc1.c1ccc2c(-c3ccc4ccc(-c5ccc6ccc(-c7ccncc7)nc6c5)nc4c3)cccc2c1.c1ccc2cc(-c3ccc4ccc(-c5ccc6ccc(-c7ccncc7)nc6c5)nc4c3)ccc2c1. The molecule has 0 aliphatic heterocycles. The Morgan fingerprint density at radius 2 is 0.423 bits per heavy atom. The third kappa shape index (κ3) is 12.9. The van der Waals surface area contributed by atoms with E-state index >= 15 is 0 Å². The predicted molar refractivity (Wildman–Crippen MR) is 428 cm³/mol. The molecule has 0 spiro atoms. The zero-order chi connectivity index (χ0) is 69.1. The fraction of sp³-hybridized carbons (Fsp3) is 0. The lowest BCUT2D eigenvalue weighted by Crippen LogP contribution is -1.89. The minimum Gasteiger partial charge on any atom is -0.265 e. The van der Waals surface area contributed by atoms with E-state index in [4.69, 9.17) is 29.9 Å². The summed E-state index contributed by atoms with van der Waals surface area (Å²) in [5.41, 5.74) is 24.9. The molecular weight excluding hydrogens is 1270 g/mol. The summed E-state index contributed by atoms with van der Waals surface area (Å²) < 4.78 is 0. The Balaban J connectivity index is 0.000000111. The number of hydrogen-bond acceptors (Lipinski definition) is 9. The van der Waals surface area contributed by atoms with E-state index in [1.54, 1.807) is 37.2 Å². The van der Waals surface area contributed by atoms with E-state index in [9.17, 15) is 0 Å². The van der Waals surface area contributed by atoms with Gasteiger partial charge in [-0.25, -0.2) is 29.9 Å². The van der Waals surface area contributed by atoms with Gasteiger partial charge in [0.25, 0.3) is 0 Å². The molecule has 9 nitrogen and oxygen atoms in total. The van der Waals surface area contributed by atoms with E-state index in [-0.39, 0.29) is 0 Å². The fourth-order valence-corrected chi connectivity index (χ4v) is 13.7. The second-order valence-electron chi connectivity index (χ2n) is 25.8. The molecule has 0 saturated carbocycles. The van der Waals surface area contributed by atoms with Crippen molar-refractivity contribution in [3.05, 3.63) is 371 Å². The van der Waals surface area contributed by atoms with E-state index in [1.807, 2.05) is 42.5 Å². The molecular formula is C95H61N9. The van der Waals surface area contributed by atoms with Gasteiger partial charge in [0.2, 0.25) is 0 Å². The minimum absolute atomic E-state index is 0.938. The molecule has 20 rings (SSSR count). The van der Waals surface area contributed by atoms with Crippen LogP contribution in [0.5, 0.6) is 0 Å². The van der Waals surface area contributed by atoms with Crippen LogP contribution in [-0.2, 0) is 0 Å². The second-order valence-corrected chi connectivity index (χ2v) is 25.8. The number of aromatic nitrogens is 9. The first-order valence-corrected chi connectivity index (χ1v) is 34.7. The van der Waals surface area contributed by atoms with E-state index < -0.39 is 0 Å². The van der Waals surface area contributed by atoms with Gasteiger partial charge >= 0.3 is 0 Å². The first-order chi connectivity index (χ1) is 51.4. The van der Waals surface area contributed by atoms with Crippen molar-refractivity contribution >= 4 is 87.0 Å². The Morgan fingerprint density at radius 3 is 0.837 bits per heavy atom. The van der Waals surface area contributed by atoms with Crippen LogP contribution >= 0.6 is 0 Å². The van der Waals surface area contributed by atoms with Crippen LogP contribution in [0.25, 0.3) is 188 Å². The van der Waals surface area contributed by atoms with Crippen molar-refractivity contribution in [2.24, 2.45) is 0 Å². The minimum atomic E-state index is 0.938. The van der Waals surface area contributed by atoms with Crippen LogP contribution in [0.4, 0.5) is 0 Å². The normalized spacial score (nSPS) is 11.3. The number of fused-ring (bicyclic) bond motifs is 8. The quantitative estimate of drug-likeness (QED) is 0.139. The predicted octanol–water partition coefficient (Wildman–Crippen LogP) is 23.8. The van der Waals surface area contributed by atoms with Crippen molar-refractivity contribution in [1.82, 2.24) is 44.9 Å². The highest BCUT2D eigenvalue weighted by molar-refractivity contribution is 6.00. The van der Waals surface area contributed by atoms with Crippen molar-refractivity contribution in [1.29, 1.82) is 0 Å². The lowest BCUT2D eigenvalue weighted by atomic mass is 9.97. The molecule has 9 aromatic heterocycles. The van der Waals surface area contributed by atoms with E-state index in [1.165, 1.54) is 54.9 Å². The van der Waals surface area contributed by atoms with Gasteiger partial charge in [0.1, 0.15) is 0 Å². The topological polar surface area (TPSA) is 116 Å². The van der Waals surface area contributed by atoms with Crippen LogP contribution in [0.15, 0.2) is 371 Å². The Hall–Kier alpha value is -14.2. The Morgan fingerprint density at radius 1 is 0.144 bits per heavy atom. The van der Waals surface area contributed by atoms with Gasteiger partial charge in [-0.15, -0.1) is 0 Å². The van der Waals surface area contributed by atoms with Gasteiger partial charge in [0.15, 0.2) is 0 Å². The molecule has 0 N–H and O–H groups in total. The summed E-state index contributed by atoms with van der Waals surface area (Å²) in [5.74, 6) is 0. The molecule has 9 heteroatoms. The molecule has 20 aromatic rings. The molecule has 104 heavy (non-hydrogen) atoms. The summed E-state index contributed by atoms with van der Waals surface area (Å²) in [6.07, 6.45) is 10.8. The van der Waals surface area contributed by atoms with Crippen LogP contribution in [0.2, 0.25) is 0 Å². The molecule has 0 unspecified atom stereocenters. The zero-order valence-corrected chi connectivity index (χ0v) is 56.2. The number of benzene rings is 11. The molecule has 0 atom stereocenters. The molecule has 486 valence electrons. The molecule has 0 fully saturated rings. The molecule has 11 aromatic carbocycles.